The number of carboxylic acid groups (broad SMARTS) is 1. The van der Waals surface area contributed by atoms with Crippen LogP contribution in [0.1, 0.15) is 13.8 Å². The molecule has 78 valence electrons. The van der Waals surface area contributed by atoms with Gasteiger partial charge in [-0.25, -0.2) is 9.59 Å². The molecule has 1 atom stereocenters. The van der Waals surface area contributed by atoms with Crippen molar-refractivity contribution in [3.63, 3.8) is 0 Å². The summed E-state index contributed by atoms with van der Waals surface area (Å²) < 4.78 is 0. The van der Waals surface area contributed by atoms with E-state index < -0.39 is 18.0 Å². The number of hydrogen-bond acceptors (Lipinski definition) is 2. The molecule has 5 heteroatoms. The fraction of sp³-hybridized carbons (Fsp3) is 0.556. The van der Waals surface area contributed by atoms with Crippen LogP contribution in [0.4, 0.5) is 4.79 Å². The first-order chi connectivity index (χ1) is 6.49. The van der Waals surface area contributed by atoms with E-state index in [9.17, 15) is 9.59 Å². The molecule has 0 spiro atoms. The predicted molar refractivity (Wildman–Crippen MR) is 51.6 cm³/mol. The number of carbonyl (C=O) groups is 2. The minimum Gasteiger partial charge on any atom is -0.480 e. The minimum absolute atomic E-state index is 0.0796. The summed E-state index contributed by atoms with van der Waals surface area (Å²) in [5, 5.41) is 13.4. The summed E-state index contributed by atoms with van der Waals surface area (Å²) in [7, 11) is 0. The molecule has 1 unspecified atom stereocenters. The molecule has 14 heavy (non-hydrogen) atoms. The first-order valence-corrected chi connectivity index (χ1v) is 4.19. The van der Waals surface area contributed by atoms with Crippen LogP contribution in [0.3, 0.4) is 0 Å². The van der Waals surface area contributed by atoms with Gasteiger partial charge in [0.25, 0.3) is 0 Å². The van der Waals surface area contributed by atoms with E-state index >= 15 is 0 Å². The lowest BCUT2D eigenvalue weighted by atomic mass is 10.1. The van der Waals surface area contributed by atoms with E-state index in [1.54, 1.807) is 13.8 Å². The molecule has 0 rings (SSSR count). The lowest BCUT2D eigenvalue weighted by Gasteiger charge is -2.17. The number of terminal acetylenes is 1. The van der Waals surface area contributed by atoms with Crippen LogP contribution in [0.15, 0.2) is 0 Å². The average Bonchev–Trinajstić information content (AvgIpc) is 2.09. The fourth-order valence-corrected chi connectivity index (χ4v) is 0.837. The first kappa shape index (κ1) is 12.3. The Morgan fingerprint density at radius 1 is 1.50 bits per heavy atom. The van der Waals surface area contributed by atoms with Gasteiger partial charge in [-0.1, -0.05) is 19.8 Å². The standard InChI is InChI=1S/C9H14N2O3/c1-4-5-10-9(14)11-7(6(2)3)8(12)13/h1,6-7H,5H2,2-3H3,(H,12,13)(H2,10,11,14). The summed E-state index contributed by atoms with van der Waals surface area (Å²) in [6.45, 7) is 3.50. The maximum absolute atomic E-state index is 11.0. The second-order valence-electron chi connectivity index (χ2n) is 3.09. The van der Waals surface area contributed by atoms with Crippen LogP contribution in [0.2, 0.25) is 0 Å². The van der Waals surface area contributed by atoms with Gasteiger partial charge in [0.15, 0.2) is 0 Å². The number of hydrogen-bond donors (Lipinski definition) is 3. The zero-order valence-electron chi connectivity index (χ0n) is 8.20. The van der Waals surface area contributed by atoms with Gasteiger partial charge in [0, 0.05) is 0 Å². The average molecular weight is 198 g/mol. The van der Waals surface area contributed by atoms with Crippen LogP contribution in [-0.4, -0.2) is 29.7 Å². The van der Waals surface area contributed by atoms with E-state index in [1.807, 2.05) is 0 Å². The van der Waals surface area contributed by atoms with Crippen molar-refractivity contribution in [1.82, 2.24) is 10.6 Å². The molecule has 0 aromatic carbocycles. The summed E-state index contributed by atoms with van der Waals surface area (Å²) in [4.78, 5) is 21.7. The predicted octanol–water partition coefficient (Wildman–Crippen LogP) is 0.0280. The van der Waals surface area contributed by atoms with Crippen LogP contribution in [-0.2, 0) is 4.79 Å². The highest BCUT2D eigenvalue weighted by molar-refractivity contribution is 5.82. The summed E-state index contributed by atoms with van der Waals surface area (Å²) in [5.74, 6) is 0.975. The second-order valence-corrected chi connectivity index (χ2v) is 3.09. The lowest BCUT2D eigenvalue weighted by molar-refractivity contribution is -0.140. The number of amides is 2. The number of urea groups is 1. The molecule has 0 aromatic heterocycles. The number of carboxylic acids is 1. The molecule has 0 aliphatic heterocycles. The molecule has 0 aliphatic rings. The zero-order chi connectivity index (χ0) is 11.1. The van der Waals surface area contributed by atoms with E-state index in [4.69, 9.17) is 11.5 Å². The Bertz CT molecular complexity index is 255. The Hall–Kier alpha value is -1.70. The molecule has 5 nitrogen and oxygen atoms in total. The van der Waals surface area contributed by atoms with Gasteiger partial charge in [0.05, 0.1) is 6.54 Å². The fourth-order valence-electron chi connectivity index (χ4n) is 0.837. The largest absolute Gasteiger partial charge is 0.480 e. The van der Waals surface area contributed by atoms with E-state index in [1.165, 1.54) is 0 Å². The Balaban J connectivity index is 4.12. The lowest BCUT2D eigenvalue weighted by Crippen LogP contribution is -2.48. The van der Waals surface area contributed by atoms with Crippen LogP contribution < -0.4 is 10.6 Å². The summed E-state index contributed by atoms with van der Waals surface area (Å²) in [5.41, 5.74) is 0. The Morgan fingerprint density at radius 3 is 2.43 bits per heavy atom. The molecular formula is C9H14N2O3. The van der Waals surface area contributed by atoms with Gasteiger partial charge in [-0.05, 0) is 5.92 Å². The number of aliphatic carboxylic acids is 1. The third-order valence-electron chi connectivity index (χ3n) is 1.57. The normalized spacial score (nSPS) is 11.6. The summed E-state index contributed by atoms with van der Waals surface area (Å²) >= 11 is 0. The quantitative estimate of drug-likeness (QED) is 0.557. The van der Waals surface area contributed by atoms with Gasteiger partial charge >= 0.3 is 12.0 Å². The van der Waals surface area contributed by atoms with E-state index in [2.05, 4.69) is 16.6 Å². The molecule has 0 aromatic rings. The maximum atomic E-state index is 11.0. The molecular weight excluding hydrogens is 184 g/mol. The molecule has 2 amide bonds. The van der Waals surface area contributed by atoms with Gasteiger partial charge < -0.3 is 15.7 Å². The molecule has 0 aliphatic carbocycles. The first-order valence-electron chi connectivity index (χ1n) is 4.19. The van der Waals surface area contributed by atoms with Gasteiger partial charge in [-0.2, -0.15) is 0 Å². The van der Waals surface area contributed by atoms with E-state index in [0.717, 1.165) is 0 Å². The maximum Gasteiger partial charge on any atom is 0.326 e. The minimum atomic E-state index is -1.06. The highest BCUT2D eigenvalue weighted by Gasteiger charge is 2.22. The van der Waals surface area contributed by atoms with Crippen LogP contribution in [0.5, 0.6) is 0 Å². The number of nitrogens with one attached hydrogen (secondary N) is 2. The van der Waals surface area contributed by atoms with E-state index in [0.29, 0.717) is 0 Å². The van der Waals surface area contributed by atoms with Crippen molar-refractivity contribution in [3.8, 4) is 12.3 Å². The number of carbonyl (C=O) groups excluding carboxylic acids is 1. The second kappa shape index (κ2) is 5.86. The highest BCUT2D eigenvalue weighted by Crippen LogP contribution is 2.00. The molecule has 0 fully saturated rings. The Kier molecular flexibility index (Phi) is 5.15. The van der Waals surface area contributed by atoms with Gasteiger partial charge in [0.2, 0.25) is 0 Å². The molecule has 0 radical (unpaired) electrons. The number of rotatable bonds is 4. The Labute approximate surface area is 82.9 Å². The van der Waals surface area contributed by atoms with Crippen molar-refractivity contribution in [1.29, 1.82) is 0 Å². The van der Waals surface area contributed by atoms with Crippen molar-refractivity contribution in [2.75, 3.05) is 6.54 Å². The highest BCUT2D eigenvalue weighted by atomic mass is 16.4. The topological polar surface area (TPSA) is 78.4 Å². The summed E-state index contributed by atoms with van der Waals surface area (Å²) in [6.07, 6.45) is 4.92. The van der Waals surface area contributed by atoms with Gasteiger partial charge in [-0.3, -0.25) is 0 Å². The van der Waals surface area contributed by atoms with E-state index in [-0.39, 0.29) is 12.5 Å². The van der Waals surface area contributed by atoms with Crippen LogP contribution in [0.25, 0.3) is 0 Å². The smallest absolute Gasteiger partial charge is 0.326 e. The van der Waals surface area contributed by atoms with Crippen molar-refractivity contribution < 1.29 is 14.7 Å². The Morgan fingerprint density at radius 2 is 2.07 bits per heavy atom. The third-order valence-corrected chi connectivity index (χ3v) is 1.57. The zero-order valence-corrected chi connectivity index (χ0v) is 8.20. The SMILES string of the molecule is C#CCNC(=O)NC(C(=O)O)C(C)C. The van der Waals surface area contributed by atoms with Crippen molar-refractivity contribution >= 4 is 12.0 Å². The van der Waals surface area contributed by atoms with Crippen molar-refractivity contribution in [3.05, 3.63) is 0 Å². The molecule has 0 heterocycles. The molecule has 0 saturated carbocycles. The van der Waals surface area contributed by atoms with Crippen LogP contribution in [0, 0.1) is 18.3 Å². The van der Waals surface area contributed by atoms with Gasteiger partial charge in [0.1, 0.15) is 6.04 Å². The molecule has 0 saturated heterocycles. The molecule has 3 N–H and O–H groups in total. The van der Waals surface area contributed by atoms with Crippen molar-refractivity contribution in [2.45, 2.75) is 19.9 Å². The van der Waals surface area contributed by atoms with Crippen molar-refractivity contribution in [2.24, 2.45) is 5.92 Å². The summed E-state index contributed by atoms with van der Waals surface area (Å²) in [6, 6.07) is -1.46. The van der Waals surface area contributed by atoms with Crippen LogP contribution >= 0.6 is 0 Å². The van der Waals surface area contributed by atoms with Gasteiger partial charge in [-0.15, -0.1) is 6.42 Å². The third kappa shape index (κ3) is 4.36. The molecule has 0 bridgehead atoms. The monoisotopic (exact) mass is 198 g/mol.